The van der Waals surface area contributed by atoms with Crippen molar-refractivity contribution in [3.63, 3.8) is 0 Å². The third-order valence-electron chi connectivity index (χ3n) is 10.4. The van der Waals surface area contributed by atoms with Gasteiger partial charge in [0.25, 0.3) is 0 Å². The number of urea groups is 1. The number of amides is 5. The predicted octanol–water partition coefficient (Wildman–Crippen LogP) is 5.21. The first-order valence-corrected chi connectivity index (χ1v) is 21.0. The molecule has 7 rings (SSSR count). The van der Waals surface area contributed by atoms with E-state index in [2.05, 4.69) is 31.1 Å². The Morgan fingerprint density at radius 2 is 1.45 bits per heavy atom. The zero-order chi connectivity index (χ0) is 46.1. The second-order valence-corrected chi connectivity index (χ2v) is 18.0. The Labute approximate surface area is 374 Å². The molecule has 5 amide bonds. The highest BCUT2D eigenvalue weighted by molar-refractivity contribution is 6.41. The van der Waals surface area contributed by atoms with Crippen LogP contribution >= 0.6 is 11.6 Å². The van der Waals surface area contributed by atoms with Crippen LogP contribution in [0.5, 0.6) is 0 Å². The lowest BCUT2D eigenvalue weighted by Crippen LogP contribution is -2.60. The number of esters is 1. The van der Waals surface area contributed by atoms with Crippen LogP contribution in [-0.4, -0.2) is 139 Å². The van der Waals surface area contributed by atoms with Gasteiger partial charge in [0, 0.05) is 67.5 Å². The van der Waals surface area contributed by atoms with Crippen molar-refractivity contribution in [1.82, 2.24) is 39.5 Å². The van der Waals surface area contributed by atoms with Gasteiger partial charge in [0.2, 0.25) is 5.91 Å². The lowest BCUT2D eigenvalue weighted by atomic mass is 10.0. The van der Waals surface area contributed by atoms with Crippen LogP contribution in [0.1, 0.15) is 57.6 Å². The average Bonchev–Trinajstić information content (AvgIpc) is 3.90. The molecule has 1 atom stereocenters. The summed E-state index contributed by atoms with van der Waals surface area (Å²) < 4.78 is 13.7. The lowest BCUT2D eigenvalue weighted by molar-refractivity contribution is -0.149. The Kier molecular flexibility index (Phi) is 12.8. The number of tetrazole rings is 1. The third kappa shape index (κ3) is 10.3. The molecular weight excluding hydrogens is 846 g/mol. The molecule has 64 heavy (non-hydrogen) atoms. The van der Waals surface area contributed by atoms with Gasteiger partial charge in [0.05, 0.1) is 16.9 Å². The van der Waals surface area contributed by atoms with Crippen molar-refractivity contribution in [2.75, 3.05) is 61.8 Å². The van der Waals surface area contributed by atoms with E-state index in [1.807, 2.05) is 7.05 Å². The number of anilines is 3. The summed E-state index contributed by atoms with van der Waals surface area (Å²) in [4.78, 5) is 89.1. The molecule has 2 aliphatic heterocycles. The number of nitrogens with one attached hydrogen (secondary N) is 2. The number of aromatic nitrogens is 5. The summed E-state index contributed by atoms with van der Waals surface area (Å²) in [7, 11) is 2.01. The number of piperazine rings is 2. The van der Waals surface area contributed by atoms with Gasteiger partial charge in [-0.15, -0.1) is 5.10 Å². The monoisotopic (exact) mass is 895 g/mol. The number of hydrogen-bond acceptors (Lipinski definition) is 12. The minimum absolute atomic E-state index is 0.00133. The maximum absolute atomic E-state index is 14.5. The molecule has 0 saturated carbocycles. The second-order valence-electron chi connectivity index (χ2n) is 17.6. The van der Waals surface area contributed by atoms with Crippen molar-refractivity contribution >= 4 is 75.4 Å². The Balaban J connectivity index is 1.18. The Bertz CT molecular complexity index is 2590. The summed E-state index contributed by atoms with van der Waals surface area (Å²) in [5, 5.41) is 17.9. The minimum atomic E-state index is -1.21. The average molecular weight is 896 g/mol. The maximum Gasteiger partial charge on any atom is 0.419 e. The molecule has 2 saturated heterocycles. The molecule has 336 valence electrons. The molecule has 0 aliphatic carbocycles. The van der Waals surface area contributed by atoms with Gasteiger partial charge in [-0.3, -0.25) is 14.4 Å². The summed E-state index contributed by atoms with van der Waals surface area (Å²) in [5.74, 6) is -3.20. The van der Waals surface area contributed by atoms with Gasteiger partial charge in [-0.2, -0.15) is 4.68 Å². The second kappa shape index (κ2) is 18.1. The topological polar surface area (TPSA) is 206 Å². The number of hydrogen-bond donors (Lipinski definition) is 2. The van der Waals surface area contributed by atoms with E-state index in [0.29, 0.717) is 51.6 Å². The molecule has 19 nitrogen and oxygen atoms in total. The van der Waals surface area contributed by atoms with E-state index in [0.717, 1.165) is 17.7 Å². The molecule has 3 aromatic carbocycles. The Hall–Kier alpha value is -6.86. The van der Waals surface area contributed by atoms with Crippen molar-refractivity contribution in [3.8, 4) is 5.69 Å². The zero-order valence-electron chi connectivity index (χ0n) is 36.6. The molecule has 5 aromatic rings. The summed E-state index contributed by atoms with van der Waals surface area (Å²) in [5.41, 5.74) is 0.675. The maximum atomic E-state index is 14.5. The Morgan fingerprint density at radius 3 is 2.11 bits per heavy atom. The van der Waals surface area contributed by atoms with Crippen molar-refractivity contribution < 1.29 is 38.2 Å². The van der Waals surface area contributed by atoms with Crippen molar-refractivity contribution in [3.05, 3.63) is 89.3 Å². The number of nitrogens with zero attached hydrogens (tertiary/aromatic N) is 9. The fourth-order valence-electron chi connectivity index (χ4n) is 7.36. The summed E-state index contributed by atoms with van der Waals surface area (Å²) in [6.07, 6.45) is 0.543. The fraction of sp³-hybridized carbons (Fsp3) is 0.386. The van der Waals surface area contributed by atoms with Crippen LogP contribution in [-0.2, 0) is 30.3 Å². The van der Waals surface area contributed by atoms with Gasteiger partial charge in [-0.05, 0) is 119 Å². The summed E-state index contributed by atoms with van der Waals surface area (Å²) in [6.45, 7) is 12.9. The summed E-state index contributed by atoms with van der Waals surface area (Å²) >= 11 is 6.36. The predicted molar refractivity (Wildman–Crippen MR) is 238 cm³/mol. The van der Waals surface area contributed by atoms with E-state index >= 15 is 0 Å². The van der Waals surface area contributed by atoms with Crippen molar-refractivity contribution in [2.24, 2.45) is 0 Å². The van der Waals surface area contributed by atoms with E-state index < -0.39 is 47.0 Å². The van der Waals surface area contributed by atoms with Crippen LogP contribution in [0, 0.1) is 0 Å². The molecule has 2 fully saturated rings. The van der Waals surface area contributed by atoms with E-state index in [-0.39, 0.29) is 36.9 Å². The Morgan fingerprint density at radius 1 is 0.766 bits per heavy atom. The largest absolute Gasteiger partial charge is 0.455 e. The summed E-state index contributed by atoms with van der Waals surface area (Å²) in [6, 6.07) is 16.4. The molecule has 20 heteroatoms. The first kappa shape index (κ1) is 45.2. The number of carbonyl (C=O) groups is 6. The number of likely N-dealkylation sites (N-methyl/N-ethyl adjacent to an activating group) is 1. The third-order valence-corrected chi connectivity index (χ3v) is 10.7. The van der Waals surface area contributed by atoms with Gasteiger partial charge in [-0.1, -0.05) is 23.7 Å². The molecule has 0 spiro atoms. The van der Waals surface area contributed by atoms with Gasteiger partial charge in [0.1, 0.15) is 29.3 Å². The number of halogens is 1. The van der Waals surface area contributed by atoms with Crippen LogP contribution in [0.15, 0.2) is 73.1 Å². The fourth-order valence-corrected chi connectivity index (χ4v) is 7.53. The zero-order valence-corrected chi connectivity index (χ0v) is 37.4. The smallest absolute Gasteiger partial charge is 0.419 e. The van der Waals surface area contributed by atoms with Crippen LogP contribution < -0.4 is 15.5 Å². The number of ether oxygens (including phenoxy) is 2. The normalized spacial score (nSPS) is 15.6. The molecule has 2 N–H and O–H groups in total. The van der Waals surface area contributed by atoms with Crippen LogP contribution in [0.4, 0.5) is 26.7 Å². The van der Waals surface area contributed by atoms with Crippen molar-refractivity contribution in [1.29, 1.82) is 0 Å². The number of carbonyl (C=O) groups excluding carboxylic acids is 6. The number of rotatable bonds is 9. The molecule has 2 aromatic heterocycles. The highest BCUT2D eigenvalue weighted by Crippen LogP contribution is 2.31. The highest BCUT2D eigenvalue weighted by Gasteiger charge is 2.41. The standard InChI is InChI=1S/C44H50ClN11O8/c1-43(2,3)63-40(60)36-24-28-23-31(13-15-32(28)56(36)42(62)64-44(4,5)6)47-37(57)35(22-27-8-11-30(12-9-27)48-41(61)52-18-16-51(7)17-19-52)54-21-20-53(38(58)39(54)59)34-25-29(45)10-14-33(34)55-26-46-49-50-55/h8-15,23-26,35H,16-22H2,1-7H3,(H,47,57)(H,48,61). The first-order valence-electron chi connectivity index (χ1n) is 20.7. The van der Waals surface area contributed by atoms with E-state index in [4.69, 9.17) is 21.1 Å². The number of fused-ring (bicyclic) bond motifs is 1. The SMILES string of the molecule is CN1CCN(C(=O)Nc2ccc(CC(C(=O)Nc3ccc4c(c3)cc(C(=O)OC(C)(C)C)n4C(=O)OC(C)(C)C)N3CCN(c4cc(Cl)ccc4-n4cnnn4)C(=O)C3=O)cc2)CC1. The van der Waals surface area contributed by atoms with Gasteiger partial charge < -0.3 is 39.7 Å². The molecule has 4 heterocycles. The quantitative estimate of drug-likeness (QED) is 0.145. The minimum Gasteiger partial charge on any atom is -0.455 e. The molecule has 2 aliphatic rings. The van der Waals surface area contributed by atoms with Crippen LogP contribution in [0.25, 0.3) is 16.6 Å². The van der Waals surface area contributed by atoms with Gasteiger partial charge in [-0.25, -0.2) is 19.0 Å². The molecular formula is C44H50ClN11O8. The first-order chi connectivity index (χ1) is 30.2. The molecule has 0 bridgehead atoms. The van der Waals surface area contributed by atoms with Gasteiger partial charge >= 0.3 is 29.9 Å². The van der Waals surface area contributed by atoms with E-state index in [1.54, 1.807) is 101 Å². The number of benzene rings is 3. The van der Waals surface area contributed by atoms with Crippen LogP contribution in [0.2, 0.25) is 5.02 Å². The van der Waals surface area contributed by atoms with Gasteiger partial charge in [0.15, 0.2) is 0 Å². The van der Waals surface area contributed by atoms with Crippen molar-refractivity contribution in [2.45, 2.75) is 65.2 Å². The molecule has 0 radical (unpaired) electrons. The van der Waals surface area contributed by atoms with E-state index in [9.17, 15) is 28.8 Å². The van der Waals surface area contributed by atoms with Crippen LogP contribution in [0.3, 0.4) is 0 Å². The highest BCUT2D eigenvalue weighted by atomic mass is 35.5. The van der Waals surface area contributed by atoms with E-state index in [1.165, 1.54) is 32.9 Å². The lowest BCUT2D eigenvalue weighted by Gasteiger charge is -2.38. The molecule has 1 unspecified atom stereocenters.